The summed E-state index contributed by atoms with van der Waals surface area (Å²) in [5, 5.41) is 4.35. The fourth-order valence-electron chi connectivity index (χ4n) is 3.47. The topological polar surface area (TPSA) is 62.7 Å². The Morgan fingerprint density at radius 1 is 1.11 bits per heavy atom. The maximum absolute atomic E-state index is 12.6. The van der Waals surface area contributed by atoms with Gasteiger partial charge in [0.2, 0.25) is 5.91 Å². The number of aryl methyl sites for hydroxylation is 1. The Morgan fingerprint density at radius 3 is 2.70 bits per heavy atom. The molecule has 2 N–H and O–H groups in total. The van der Waals surface area contributed by atoms with Crippen molar-refractivity contribution in [3.05, 3.63) is 66.6 Å². The van der Waals surface area contributed by atoms with Crippen LogP contribution in [0.5, 0.6) is 0 Å². The van der Waals surface area contributed by atoms with Gasteiger partial charge in [-0.25, -0.2) is 4.98 Å². The van der Waals surface area contributed by atoms with E-state index in [0.717, 1.165) is 22.4 Å². The molecule has 5 heteroatoms. The zero-order chi connectivity index (χ0) is 18.8. The quantitative estimate of drug-likeness (QED) is 0.535. The zero-order valence-electron chi connectivity index (χ0n) is 15.6. The number of hydrogen-bond donors (Lipinski definition) is 2. The first-order valence-electron chi connectivity index (χ1n) is 9.40. The van der Waals surface area contributed by atoms with Crippen LogP contribution in [0.4, 0.5) is 0 Å². The van der Waals surface area contributed by atoms with Crippen LogP contribution in [0, 0.1) is 5.92 Å². The molecule has 0 spiro atoms. The van der Waals surface area contributed by atoms with E-state index in [0.29, 0.717) is 13.0 Å². The minimum atomic E-state index is -0.133. The molecule has 0 aliphatic heterocycles. The Balaban J connectivity index is 1.46. The van der Waals surface area contributed by atoms with Crippen LogP contribution < -0.4 is 5.32 Å². The van der Waals surface area contributed by atoms with Gasteiger partial charge in [0.05, 0.1) is 17.1 Å². The number of carbonyl (C=O) groups is 1. The highest BCUT2D eigenvalue weighted by Crippen LogP contribution is 2.22. The molecule has 138 valence electrons. The van der Waals surface area contributed by atoms with E-state index in [9.17, 15) is 4.79 Å². The van der Waals surface area contributed by atoms with Crippen LogP contribution in [0.2, 0.25) is 0 Å². The molecule has 0 bridgehead atoms. The summed E-state index contributed by atoms with van der Waals surface area (Å²) >= 11 is 0. The number of fused-ring (bicyclic) bond motifs is 2. The van der Waals surface area contributed by atoms with Gasteiger partial charge in [0.25, 0.3) is 0 Å². The van der Waals surface area contributed by atoms with E-state index in [-0.39, 0.29) is 17.9 Å². The lowest BCUT2D eigenvalue weighted by Crippen LogP contribution is -2.33. The third kappa shape index (κ3) is 3.58. The SMILES string of the molecule is CC(C)[C@@H](NC(=O)CCn1ccc2ccccc21)c1nc2ccccc2[nH]1. The highest BCUT2D eigenvalue weighted by Gasteiger charge is 2.21. The van der Waals surface area contributed by atoms with E-state index in [2.05, 4.69) is 51.9 Å². The molecule has 5 nitrogen and oxygen atoms in total. The minimum Gasteiger partial charge on any atom is -0.347 e. The van der Waals surface area contributed by atoms with Gasteiger partial charge in [-0.1, -0.05) is 44.2 Å². The molecule has 27 heavy (non-hydrogen) atoms. The summed E-state index contributed by atoms with van der Waals surface area (Å²) in [4.78, 5) is 20.6. The first kappa shape index (κ1) is 17.3. The molecular weight excluding hydrogens is 336 g/mol. The van der Waals surface area contributed by atoms with Crippen molar-refractivity contribution in [3.8, 4) is 0 Å². The van der Waals surface area contributed by atoms with Crippen molar-refractivity contribution < 1.29 is 4.79 Å². The molecule has 0 aliphatic rings. The summed E-state index contributed by atoms with van der Waals surface area (Å²) in [5.41, 5.74) is 3.07. The van der Waals surface area contributed by atoms with E-state index in [1.807, 2.05) is 42.6 Å². The van der Waals surface area contributed by atoms with Crippen LogP contribution >= 0.6 is 0 Å². The number of nitrogens with zero attached hydrogens (tertiary/aromatic N) is 2. The molecule has 1 amide bonds. The highest BCUT2D eigenvalue weighted by atomic mass is 16.1. The number of imidazole rings is 1. The molecule has 4 aromatic rings. The minimum absolute atomic E-state index is 0.0342. The van der Waals surface area contributed by atoms with Gasteiger partial charge in [0, 0.05) is 24.7 Å². The molecule has 2 aromatic carbocycles. The standard InChI is InChI=1S/C22H24N4O/c1-15(2)21(22-23-17-8-4-5-9-18(17)24-22)25-20(27)12-14-26-13-11-16-7-3-6-10-19(16)26/h3-11,13,15,21H,12,14H2,1-2H3,(H,23,24)(H,25,27)/t21-/m1/s1. The second-order valence-corrected chi connectivity index (χ2v) is 7.25. The Labute approximate surface area is 158 Å². The fraction of sp³-hybridized carbons (Fsp3) is 0.273. The number of amides is 1. The van der Waals surface area contributed by atoms with Crippen molar-refractivity contribution in [3.63, 3.8) is 0 Å². The average Bonchev–Trinajstić information content (AvgIpc) is 3.28. The predicted molar refractivity (Wildman–Crippen MR) is 108 cm³/mol. The Morgan fingerprint density at radius 2 is 1.89 bits per heavy atom. The van der Waals surface area contributed by atoms with Gasteiger partial charge in [-0.2, -0.15) is 0 Å². The molecular formula is C22H24N4O. The van der Waals surface area contributed by atoms with Crippen LogP contribution in [-0.2, 0) is 11.3 Å². The number of aromatic nitrogens is 3. The molecule has 0 saturated carbocycles. The van der Waals surface area contributed by atoms with E-state index >= 15 is 0 Å². The van der Waals surface area contributed by atoms with Gasteiger partial charge in [0.15, 0.2) is 0 Å². The highest BCUT2D eigenvalue weighted by molar-refractivity contribution is 5.81. The lowest BCUT2D eigenvalue weighted by molar-refractivity contribution is -0.122. The molecule has 0 saturated heterocycles. The number of aromatic amines is 1. The monoisotopic (exact) mass is 360 g/mol. The molecule has 2 aromatic heterocycles. The lowest BCUT2D eigenvalue weighted by atomic mass is 10.0. The molecule has 0 unspecified atom stereocenters. The largest absolute Gasteiger partial charge is 0.347 e. The first-order valence-corrected chi connectivity index (χ1v) is 9.40. The summed E-state index contributed by atoms with van der Waals surface area (Å²) in [6, 6.07) is 18.1. The van der Waals surface area contributed by atoms with Crippen LogP contribution in [-0.4, -0.2) is 20.4 Å². The number of H-pyrrole nitrogens is 1. The van der Waals surface area contributed by atoms with Crippen LogP contribution in [0.1, 0.15) is 32.1 Å². The smallest absolute Gasteiger partial charge is 0.222 e. The maximum atomic E-state index is 12.6. The van der Waals surface area contributed by atoms with Crippen molar-refractivity contribution in [2.45, 2.75) is 32.9 Å². The predicted octanol–water partition coefficient (Wildman–Crippen LogP) is 4.42. The third-order valence-corrected chi connectivity index (χ3v) is 4.95. The number of nitrogens with one attached hydrogen (secondary N) is 2. The van der Waals surface area contributed by atoms with Crippen LogP contribution in [0.25, 0.3) is 21.9 Å². The van der Waals surface area contributed by atoms with Gasteiger partial charge in [-0.3, -0.25) is 4.79 Å². The normalized spacial score (nSPS) is 12.7. The Hall–Kier alpha value is -3.08. The van der Waals surface area contributed by atoms with Crippen molar-refractivity contribution in [1.82, 2.24) is 19.9 Å². The summed E-state index contributed by atoms with van der Waals surface area (Å²) in [6.07, 6.45) is 2.47. The fourth-order valence-corrected chi connectivity index (χ4v) is 3.47. The number of hydrogen-bond acceptors (Lipinski definition) is 2. The van der Waals surface area contributed by atoms with E-state index < -0.39 is 0 Å². The van der Waals surface area contributed by atoms with Gasteiger partial charge in [-0.15, -0.1) is 0 Å². The lowest BCUT2D eigenvalue weighted by Gasteiger charge is -2.20. The Kier molecular flexibility index (Phi) is 4.67. The summed E-state index contributed by atoms with van der Waals surface area (Å²) in [6.45, 7) is 4.85. The number of benzene rings is 2. The summed E-state index contributed by atoms with van der Waals surface area (Å²) in [7, 11) is 0. The third-order valence-electron chi connectivity index (χ3n) is 4.95. The summed E-state index contributed by atoms with van der Waals surface area (Å²) in [5.74, 6) is 1.08. The molecule has 1 atom stereocenters. The molecule has 0 fully saturated rings. The molecule has 0 aliphatic carbocycles. The van der Waals surface area contributed by atoms with Crippen molar-refractivity contribution >= 4 is 27.8 Å². The van der Waals surface area contributed by atoms with E-state index in [1.165, 1.54) is 5.39 Å². The number of para-hydroxylation sites is 3. The van der Waals surface area contributed by atoms with Crippen molar-refractivity contribution in [1.29, 1.82) is 0 Å². The Bertz CT molecular complexity index is 1040. The maximum Gasteiger partial charge on any atom is 0.222 e. The number of carbonyl (C=O) groups excluding carboxylic acids is 1. The zero-order valence-corrected chi connectivity index (χ0v) is 15.6. The second-order valence-electron chi connectivity index (χ2n) is 7.25. The number of rotatable bonds is 6. The second kappa shape index (κ2) is 7.27. The van der Waals surface area contributed by atoms with Gasteiger partial charge in [0.1, 0.15) is 5.82 Å². The first-order chi connectivity index (χ1) is 13.1. The van der Waals surface area contributed by atoms with Gasteiger partial charge in [-0.05, 0) is 35.6 Å². The van der Waals surface area contributed by atoms with Crippen LogP contribution in [0.15, 0.2) is 60.8 Å². The van der Waals surface area contributed by atoms with E-state index in [4.69, 9.17) is 0 Å². The average molecular weight is 360 g/mol. The van der Waals surface area contributed by atoms with Crippen LogP contribution in [0.3, 0.4) is 0 Å². The van der Waals surface area contributed by atoms with Crippen molar-refractivity contribution in [2.24, 2.45) is 5.92 Å². The van der Waals surface area contributed by atoms with Crippen molar-refractivity contribution in [2.75, 3.05) is 0 Å². The van der Waals surface area contributed by atoms with Gasteiger partial charge >= 0.3 is 0 Å². The van der Waals surface area contributed by atoms with E-state index in [1.54, 1.807) is 0 Å². The molecule has 4 rings (SSSR count). The van der Waals surface area contributed by atoms with Gasteiger partial charge < -0.3 is 14.9 Å². The molecule has 2 heterocycles. The summed E-state index contributed by atoms with van der Waals surface area (Å²) < 4.78 is 2.13. The molecule has 0 radical (unpaired) electrons.